The van der Waals surface area contributed by atoms with Crippen molar-refractivity contribution in [2.45, 2.75) is 65.6 Å². The normalized spacial score (nSPS) is 16.8. The highest BCUT2D eigenvalue weighted by Crippen LogP contribution is 2.54. The minimum absolute atomic E-state index is 0.0316. The summed E-state index contributed by atoms with van der Waals surface area (Å²) in [6, 6.07) is 3.27. The van der Waals surface area contributed by atoms with E-state index in [2.05, 4.69) is 0 Å². The maximum Gasteiger partial charge on any atom is 0.346 e. The summed E-state index contributed by atoms with van der Waals surface area (Å²) in [5.74, 6) is 0.208. The van der Waals surface area contributed by atoms with E-state index in [0.29, 0.717) is 22.6 Å². The third-order valence-corrected chi connectivity index (χ3v) is 6.52. The predicted molar refractivity (Wildman–Crippen MR) is 121 cm³/mol. The van der Waals surface area contributed by atoms with Crippen molar-refractivity contribution in [3.63, 3.8) is 0 Å². The van der Waals surface area contributed by atoms with Crippen molar-refractivity contribution < 1.29 is 29.2 Å². The number of hydrogen-bond donors (Lipinski definition) is 2. The number of benzene rings is 2. The molecule has 2 aromatic rings. The first-order valence-corrected chi connectivity index (χ1v) is 11.2. The lowest BCUT2D eigenvalue weighted by Gasteiger charge is -2.27. The van der Waals surface area contributed by atoms with Gasteiger partial charge in [0.15, 0.2) is 11.5 Å². The predicted octanol–water partition coefficient (Wildman–Crippen LogP) is 6.17. The molecule has 0 saturated heterocycles. The molecule has 32 heavy (non-hydrogen) atoms. The Bertz CT molecular complexity index is 1080. The lowest BCUT2D eigenvalue weighted by atomic mass is 9.86. The van der Waals surface area contributed by atoms with Crippen LogP contribution >= 0.6 is 11.6 Å². The summed E-state index contributed by atoms with van der Waals surface area (Å²) in [5.41, 5.74) is 2.42. The number of hydrogen-bond acceptors (Lipinski definition) is 6. The van der Waals surface area contributed by atoms with Gasteiger partial charge in [-0.15, -0.1) is 0 Å². The zero-order valence-electron chi connectivity index (χ0n) is 19.0. The fraction of sp³-hybridized carbons (Fsp3) is 0.480. The van der Waals surface area contributed by atoms with Gasteiger partial charge in [0.1, 0.15) is 23.7 Å². The van der Waals surface area contributed by atoms with Gasteiger partial charge in [-0.3, -0.25) is 0 Å². The fourth-order valence-electron chi connectivity index (χ4n) is 4.35. The van der Waals surface area contributed by atoms with Crippen LogP contribution in [0.5, 0.6) is 23.0 Å². The third kappa shape index (κ3) is 4.02. The average molecular weight is 461 g/mol. The van der Waals surface area contributed by atoms with Crippen LogP contribution in [0, 0.1) is 12.3 Å². The monoisotopic (exact) mass is 460 g/mol. The van der Waals surface area contributed by atoms with E-state index >= 15 is 0 Å². The summed E-state index contributed by atoms with van der Waals surface area (Å²) in [4.78, 5) is 13.0. The summed E-state index contributed by atoms with van der Waals surface area (Å²) in [6.45, 7) is 7.78. The molecule has 0 amide bonds. The van der Waals surface area contributed by atoms with Crippen LogP contribution < -0.4 is 9.47 Å². The number of ether oxygens (including phenoxy) is 3. The molecule has 2 aromatic carbocycles. The molecule has 1 heterocycles. The molecule has 0 unspecified atom stereocenters. The molecule has 1 atom stereocenters. The molecule has 0 bridgehead atoms. The lowest BCUT2D eigenvalue weighted by molar-refractivity contribution is 0.0453. The number of aromatic hydroxyl groups is 1. The van der Waals surface area contributed by atoms with Crippen molar-refractivity contribution in [2.75, 3.05) is 7.11 Å². The molecule has 2 aliphatic rings. The molecule has 7 heteroatoms. The number of esters is 1. The number of halogens is 1. The van der Waals surface area contributed by atoms with E-state index in [-0.39, 0.29) is 46.5 Å². The molecule has 1 aliphatic heterocycles. The highest BCUT2D eigenvalue weighted by molar-refractivity contribution is 6.32. The zero-order valence-corrected chi connectivity index (χ0v) is 19.8. The first kappa shape index (κ1) is 22.7. The molecule has 4 rings (SSSR count). The van der Waals surface area contributed by atoms with E-state index in [4.69, 9.17) is 25.8 Å². The van der Waals surface area contributed by atoms with E-state index in [1.807, 2.05) is 27.7 Å². The van der Waals surface area contributed by atoms with Gasteiger partial charge in [0, 0.05) is 11.1 Å². The molecule has 2 N–H and O–H groups in total. The van der Waals surface area contributed by atoms with E-state index in [1.54, 1.807) is 12.1 Å². The summed E-state index contributed by atoms with van der Waals surface area (Å²) in [6.07, 6.45) is 1.60. The van der Waals surface area contributed by atoms with Gasteiger partial charge in [-0.25, -0.2) is 4.79 Å². The number of aliphatic hydroxyl groups excluding tert-OH is 1. The van der Waals surface area contributed by atoms with Crippen LogP contribution in [0.2, 0.25) is 5.02 Å². The molecule has 1 fully saturated rings. The van der Waals surface area contributed by atoms with Crippen molar-refractivity contribution in [1.29, 1.82) is 0 Å². The number of cyclic esters (lactones) is 1. The Morgan fingerprint density at radius 2 is 1.97 bits per heavy atom. The number of phenols is 1. The number of methoxy groups -OCH3 is 1. The van der Waals surface area contributed by atoms with Gasteiger partial charge < -0.3 is 24.4 Å². The number of phenolic OH excluding ortho intramolecular Hbond substituents is 1. The largest absolute Gasteiger partial charge is 0.504 e. The van der Waals surface area contributed by atoms with Crippen molar-refractivity contribution in [1.82, 2.24) is 0 Å². The van der Waals surface area contributed by atoms with E-state index in [0.717, 1.165) is 24.0 Å². The maximum absolute atomic E-state index is 13.0. The highest BCUT2D eigenvalue weighted by Gasteiger charge is 2.36. The van der Waals surface area contributed by atoms with Crippen LogP contribution in [0.1, 0.15) is 84.7 Å². The Kier molecular flexibility index (Phi) is 5.80. The lowest BCUT2D eigenvalue weighted by Crippen LogP contribution is -2.17. The molecule has 0 spiro atoms. The Morgan fingerprint density at radius 1 is 1.28 bits per heavy atom. The Labute approximate surface area is 193 Å². The first-order valence-electron chi connectivity index (χ1n) is 10.8. The van der Waals surface area contributed by atoms with Crippen LogP contribution in [0.15, 0.2) is 12.1 Å². The van der Waals surface area contributed by atoms with Crippen molar-refractivity contribution in [3.05, 3.63) is 45.0 Å². The zero-order chi connectivity index (χ0) is 23.4. The second kappa shape index (κ2) is 8.16. The SMILES string of the molecule is COc1c([C@@H](O)CC(C)(C)C)ccc2c1C(=O)OCc1c(Cl)c(C)c(C3CC3)c(O)c1O2. The van der Waals surface area contributed by atoms with Gasteiger partial charge in [0.2, 0.25) is 0 Å². The summed E-state index contributed by atoms with van der Waals surface area (Å²) < 4.78 is 17.2. The van der Waals surface area contributed by atoms with Gasteiger partial charge >= 0.3 is 5.97 Å². The summed E-state index contributed by atoms with van der Waals surface area (Å²) >= 11 is 6.61. The first-order chi connectivity index (χ1) is 15.0. The Hall–Kier alpha value is -2.44. The average Bonchev–Trinajstić information content (AvgIpc) is 3.53. The number of rotatable bonds is 4. The van der Waals surface area contributed by atoms with Crippen LogP contribution in [-0.4, -0.2) is 23.3 Å². The minimum Gasteiger partial charge on any atom is -0.504 e. The molecule has 0 radical (unpaired) electrons. The molecule has 6 nitrogen and oxygen atoms in total. The van der Waals surface area contributed by atoms with Crippen molar-refractivity contribution in [3.8, 4) is 23.0 Å². The quantitative estimate of drug-likeness (QED) is 0.530. The van der Waals surface area contributed by atoms with Gasteiger partial charge in [0.05, 0.1) is 23.8 Å². The van der Waals surface area contributed by atoms with E-state index in [9.17, 15) is 15.0 Å². The Balaban J connectivity index is 1.85. The summed E-state index contributed by atoms with van der Waals surface area (Å²) in [5, 5.41) is 22.3. The number of fused-ring (bicyclic) bond motifs is 2. The minimum atomic E-state index is -0.840. The van der Waals surface area contributed by atoms with Gasteiger partial charge in [-0.2, -0.15) is 0 Å². The third-order valence-electron chi connectivity index (χ3n) is 6.01. The van der Waals surface area contributed by atoms with E-state index < -0.39 is 12.1 Å². The number of aliphatic hydroxyl groups is 1. The van der Waals surface area contributed by atoms with Crippen LogP contribution in [0.25, 0.3) is 0 Å². The molecule has 1 saturated carbocycles. The highest BCUT2D eigenvalue weighted by atomic mass is 35.5. The maximum atomic E-state index is 13.0. The van der Waals surface area contributed by atoms with Crippen LogP contribution in [-0.2, 0) is 11.3 Å². The van der Waals surface area contributed by atoms with Gasteiger partial charge in [0.25, 0.3) is 0 Å². The van der Waals surface area contributed by atoms with Crippen LogP contribution in [0.3, 0.4) is 0 Å². The van der Waals surface area contributed by atoms with Gasteiger partial charge in [-0.1, -0.05) is 32.4 Å². The summed E-state index contributed by atoms with van der Waals surface area (Å²) in [7, 11) is 1.44. The topological polar surface area (TPSA) is 85.2 Å². The number of carbonyl (C=O) groups is 1. The smallest absolute Gasteiger partial charge is 0.346 e. The Morgan fingerprint density at radius 3 is 2.56 bits per heavy atom. The second-order valence-electron chi connectivity index (χ2n) is 9.80. The second-order valence-corrected chi connectivity index (χ2v) is 10.2. The fourth-order valence-corrected chi connectivity index (χ4v) is 4.59. The molecular formula is C25H29ClO6. The standard InChI is InChI=1S/C25H29ClO6/c1-12-18(13-6-7-13)21(28)23-15(20(12)26)11-31-24(29)19-17(32-23)9-8-14(22(19)30-5)16(27)10-25(2,3)4/h8-9,13,16,27-28H,6-7,10-11H2,1-5H3/t16-/m0/s1. The van der Waals surface area contributed by atoms with Crippen molar-refractivity contribution >= 4 is 17.6 Å². The van der Waals surface area contributed by atoms with Crippen molar-refractivity contribution in [2.24, 2.45) is 5.41 Å². The molecule has 1 aliphatic carbocycles. The van der Waals surface area contributed by atoms with Crippen LogP contribution in [0.4, 0.5) is 0 Å². The van der Waals surface area contributed by atoms with E-state index in [1.165, 1.54) is 7.11 Å². The van der Waals surface area contributed by atoms with Gasteiger partial charge in [-0.05, 0) is 55.2 Å². The molecule has 0 aromatic heterocycles. The molecule has 172 valence electrons. The number of carbonyl (C=O) groups excluding carboxylic acids is 1. The molecular weight excluding hydrogens is 432 g/mol.